The number of pyridine rings is 1. The highest BCUT2D eigenvalue weighted by Gasteiger charge is 2.21. The maximum absolute atomic E-state index is 12.6. The summed E-state index contributed by atoms with van der Waals surface area (Å²) in [5.41, 5.74) is -0.125. The summed E-state index contributed by atoms with van der Waals surface area (Å²) in [7, 11) is -3.13. The largest absolute Gasteiger partial charge is 0.468 e. The van der Waals surface area contributed by atoms with Crippen LogP contribution < -0.4 is 15.4 Å². The first-order chi connectivity index (χ1) is 16.2. The van der Waals surface area contributed by atoms with Crippen LogP contribution in [0.15, 0.2) is 47.5 Å². The van der Waals surface area contributed by atoms with E-state index in [1.54, 1.807) is 0 Å². The van der Waals surface area contributed by atoms with Gasteiger partial charge in [-0.1, -0.05) is 6.07 Å². The molecule has 0 atom stereocenters. The summed E-state index contributed by atoms with van der Waals surface area (Å²) in [6.45, 7) is 2.53. The van der Waals surface area contributed by atoms with Gasteiger partial charge in [-0.2, -0.15) is 0 Å². The van der Waals surface area contributed by atoms with E-state index in [2.05, 4.69) is 20.4 Å². The molecule has 182 valence electrons. The van der Waals surface area contributed by atoms with Crippen LogP contribution in [0.25, 0.3) is 0 Å². The number of aromatic nitrogens is 1. The van der Waals surface area contributed by atoms with Crippen LogP contribution in [0, 0.1) is 0 Å². The first-order valence-electron chi connectivity index (χ1n) is 10.0. The van der Waals surface area contributed by atoms with Crippen molar-refractivity contribution >= 4 is 33.7 Å². The van der Waals surface area contributed by atoms with Gasteiger partial charge in [-0.15, -0.1) is 0 Å². The third-order valence-corrected chi connectivity index (χ3v) is 5.58. The molecule has 0 spiro atoms. The second-order valence-corrected chi connectivity index (χ2v) is 8.29. The third kappa shape index (κ3) is 7.64. The molecule has 0 saturated heterocycles. The number of nitrogens with one attached hydrogen (secondary N) is 3. The highest BCUT2D eigenvalue weighted by Crippen LogP contribution is 2.12. The molecule has 0 unspecified atom stereocenters. The number of carbonyl (C=O) groups excluding carboxylic acids is 4. The summed E-state index contributed by atoms with van der Waals surface area (Å²) in [5, 5.41) is 4.88. The molecule has 1 heterocycles. The van der Waals surface area contributed by atoms with Crippen molar-refractivity contribution in [3.8, 4) is 0 Å². The molecular weight excluding hydrogens is 468 g/mol. The summed E-state index contributed by atoms with van der Waals surface area (Å²) < 4.78 is 36.7. The highest BCUT2D eigenvalue weighted by atomic mass is 32.2. The van der Waals surface area contributed by atoms with Crippen LogP contribution in [0.1, 0.15) is 38.1 Å². The number of hydrogen-bond acceptors (Lipinski definition) is 9. The van der Waals surface area contributed by atoms with E-state index in [4.69, 9.17) is 4.74 Å². The lowest BCUT2D eigenvalue weighted by molar-refractivity contribution is -0.139. The van der Waals surface area contributed by atoms with Gasteiger partial charge in [-0.05, 0) is 37.3 Å². The Hall–Kier alpha value is -3.84. The number of rotatable bonds is 11. The third-order valence-electron chi connectivity index (χ3n) is 4.25. The van der Waals surface area contributed by atoms with Gasteiger partial charge in [0.1, 0.15) is 12.2 Å². The minimum Gasteiger partial charge on any atom is -0.468 e. The molecule has 0 bridgehead atoms. The SMILES string of the molecule is CCOCCNC(=O)c1cccc(S(=O)(=O)NC(=O)c2ccc(C(=O)NCC(=O)OC)nc2)c1. The van der Waals surface area contributed by atoms with Gasteiger partial charge in [0.2, 0.25) is 0 Å². The topological polar surface area (TPSA) is 170 Å². The molecule has 0 fully saturated rings. The number of ether oxygens (including phenoxy) is 2. The minimum absolute atomic E-state index is 0.0913. The van der Waals surface area contributed by atoms with Crippen LogP contribution in [0.4, 0.5) is 0 Å². The predicted octanol–water partition coefficient (Wildman–Crippen LogP) is -0.131. The Bertz CT molecular complexity index is 1150. The smallest absolute Gasteiger partial charge is 0.325 e. The number of sulfonamides is 1. The molecule has 0 aliphatic carbocycles. The minimum atomic E-state index is -4.30. The number of methoxy groups -OCH3 is 1. The lowest BCUT2D eigenvalue weighted by Gasteiger charge is -2.09. The van der Waals surface area contributed by atoms with Gasteiger partial charge in [0.05, 0.1) is 24.2 Å². The first kappa shape index (κ1) is 26.4. The van der Waals surface area contributed by atoms with Crippen molar-refractivity contribution in [3.63, 3.8) is 0 Å². The van der Waals surface area contributed by atoms with E-state index in [0.29, 0.717) is 13.2 Å². The Morgan fingerprint density at radius 1 is 0.971 bits per heavy atom. The van der Waals surface area contributed by atoms with Gasteiger partial charge >= 0.3 is 5.97 Å². The average Bonchev–Trinajstić information content (AvgIpc) is 2.84. The average molecular weight is 493 g/mol. The van der Waals surface area contributed by atoms with Gasteiger partial charge in [0, 0.05) is 24.9 Å². The molecule has 0 aliphatic rings. The van der Waals surface area contributed by atoms with Crippen LogP contribution in [-0.4, -0.2) is 70.5 Å². The molecule has 0 radical (unpaired) electrons. The van der Waals surface area contributed by atoms with Crippen molar-refractivity contribution in [3.05, 3.63) is 59.4 Å². The van der Waals surface area contributed by atoms with Gasteiger partial charge in [-0.25, -0.2) is 13.1 Å². The van der Waals surface area contributed by atoms with E-state index in [0.717, 1.165) is 12.3 Å². The Morgan fingerprint density at radius 3 is 2.38 bits per heavy atom. The maximum atomic E-state index is 12.6. The van der Waals surface area contributed by atoms with E-state index in [1.165, 1.54) is 37.4 Å². The van der Waals surface area contributed by atoms with E-state index in [-0.39, 0.29) is 34.8 Å². The lowest BCUT2D eigenvalue weighted by Crippen LogP contribution is -2.32. The molecule has 34 heavy (non-hydrogen) atoms. The number of esters is 1. The second-order valence-electron chi connectivity index (χ2n) is 6.61. The molecule has 1 aromatic heterocycles. The molecule has 3 amide bonds. The Kier molecular flexibility index (Phi) is 9.64. The van der Waals surface area contributed by atoms with Gasteiger partial charge in [0.25, 0.3) is 27.7 Å². The molecule has 0 aliphatic heterocycles. The first-order valence-corrected chi connectivity index (χ1v) is 11.5. The molecule has 2 aromatic rings. The number of benzene rings is 1. The maximum Gasteiger partial charge on any atom is 0.325 e. The van der Waals surface area contributed by atoms with Crippen LogP contribution in [0.2, 0.25) is 0 Å². The standard InChI is InChI=1S/C21H24N4O8S/c1-3-33-10-9-22-19(27)14-5-4-6-16(11-14)34(30,31)25-20(28)15-7-8-17(23-12-15)21(29)24-13-18(26)32-2/h4-8,11-12H,3,9-10,13H2,1-2H3,(H,22,27)(H,24,29)(H,25,28). The summed E-state index contributed by atoms with van der Waals surface area (Å²) in [5.74, 6) is -2.81. The van der Waals surface area contributed by atoms with E-state index in [1.807, 2.05) is 11.6 Å². The predicted molar refractivity (Wildman–Crippen MR) is 119 cm³/mol. The number of carbonyl (C=O) groups is 4. The number of hydrogen-bond donors (Lipinski definition) is 3. The summed E-state index contributed by atoms with van der Waals surface area (Å²) >= 11 is 0. The number of amides is 3. The van der Waals surface area contributed by atoms with E-state index in [9.17, 15) is 27.6 Å². The highest BCUT2D eigenvalue weighted by molar-refractivity contribution is 7.90. The second kappa shape index (κ2) is 12.4. The van der Waals surface area contributed by atoms with Crippen molar-refractivity contribution in [1.82, 2.24) is 20.3 Å². The normalized spacial score (nSPS) is 10.8. The van der Waals surface area contributed by atoms with Crippen molar-refractivity contribution in [2.24, 2.45) is 0 Å². The summed E-state index contributed by atoms with van der Waals surface area (Å²) in [6.07, 6.45) is 1.01. The molecule has 0 saturated carbocycles. The summed E-state index contributed by atoms with van der Waals surface area (Å²) in [6, 6.07) is 7.58. The molecule has 13 heteroatoms. The summed E-state index contributed by atoms with van der Waals surface area (Å²) in [4.78, 5) is 51.1. The van der Waals surface area contributed by atoms with Crippen LogP contribution >= 0.6 is 0 Å². The molecule has 2 rings (SSSR count). The zero-order valence-corrected chi connectivity index (χ0v) is 19.3. The van der Waals surface area contributed by atoms with Crippen LogP contribution in [0.5, 0.6) is 0 Å². The van der Waals surface area contributed by atoms with Crippen molar-refractivity contribution in [2.75, 3.05) is 33.4 Å². The quantitative estimate of drug-likeness (QED) is 0.286. The fraction of sp³-hybridized carbons (Fsp3) is 0.286. The zero-order chi connectivity index (χ0) is 25.1. The van der Waals surface area contributed by atoms with Crippen molar-refractivity contribution < 1.29 is 37.1 Å². The van der Waals surface area contributed by atoms with Gasteiger partial charge < -0.3 is 20.1 Å². The van der Waals surface area contributed by atoms with E-state index < -0.39 is 33.7 Å². The van der Waals surface area contributed by atoms with Crippen LogP contribution in [0.3, 0.4) is 0 Å². The lowest BCUT2D eigenvalue weighted by atomic mass is 10.2. The Morgan fingerprint density at radius 2 is 1.74 bits per heavy atom. The fourth-order valence-corrected chi connectivity index (χ4v) is 3.52. The van der Waals surface area contributed by atoms with E-state index >= 15 is 0 Å². The van der Waals surface area contributed by atoms with Crippen molar-refractivity contribution in [1.29, 1.82) is 0 Å². The van der Waals surface area contributed by atoms with Gasteiger partial charge in [-0.3, -0.25) is 24.2 Å². The van der Waals surface area contributed by atoms with Crippen molar-refractivity contribution in [2.45, 2.75) is 11.8 Å². The molecular formula is C21H24N4O8S. The zero-order valence-electron chi connectivity index (χ0n) is 18.5. The molecule has 12 nitrogen and oxygen atoms in total. The fourth-order valence-electron chi connectivity index (χ4n) is 2.51. The Balaban J connectivity index is 2.04. The van der Waals surface area contributed by atoms with Crippen LogP contribution in [-0.2, 0) is 24.3 Å². The number of nitrogens with zero attached hydrogens (tertiary/aromatic N) is 1. The van der Waals surface area contributed by atoms with Gasteiger partial charge in [0.15, 0.2) is 0 Å². The Labute approximate surface area is 196 Å². The molecule has 1 aromatic carbocycles. The molecule has 3 N–H and O–H groups in total. The monoisotopic (exact) mass is 492 g/mol.